The molecular formula is C13H11BrN2O2. The Morgan fingerprint density at radius 2 is 2.06 bits per heavy atom. The molecular weight excluding hydrogens is 296 g/mol. The van der Waals surface area contributed by atoms with Gasteiger partial charge in [0.1, 0.15) is 0 Å². The van der Waals surface area contributed by atoms with E-state index in [1.165, 1.54) is 6.26 Å². The average Bonchev–Trinajstić information content (AvgIpc) is 2.90. The van der Waals surface area contributed by atoms with Gasteiger partial charge in [-0.05, 0) is 25.1 Å². The van der Waals surface area contributed by atoms with Gasteiger partial charge in [-0.2, -0.15) is 5.10 Å². The number of furan rings is 1. The lowest BCUT2D eigenvalue weighted by atomic mass is 10.1. The second kappa shape index (κ2) is 5.64. The van der Waals surface area contributed by atoms with Crippen LogP contribution in [0, 0.1) is 0 Å². The Labute approximate surface area is 113 Å². The molecule has 4 nitrogen and oxygen atoms in total. The van der Waals surface area contributed by atoms with E-state index in [2.05, 4.69) is 26.5 Å². The maximum Gasteiger partial charge on any atom is 0.307 e. The van der Waals surface area contributed by atoms with Gasteiger partial charge in [-0.25, -0.2) is 5.43 Å². The van der Waals surface area contributed by atoms with E-state index in [9.17, 15) is 4.79 Å². The summed E-state index contributed by atoms with van der Waals surface area (Å²) >= 11 is 3.43. The van der Waals surface area contributed by atoms with Gasteiger partial charge in [0.2, 0.25) is 0 Å². The fourth-order valence-corrected chi connectivity index (χ4v) is 1.98. The molecule has 1 N–H and O–H groups in total. The van der Waals surface area contributed by atoms with Crippen LogP contribution in [0.15, 0.2) is 56.7 Å². The second-order valence-electron chi connectivity index (χ2n) is 3.60. The zero-order valence-electron chi connectivity index (χ0n) is 9.68. The molecule has 0 saturated carbocycles. The normalized spacial score (nSPS) is 11.3. The topological polar surface area (TPSA) is 54.6 Å². The molecule has 2 aromatic rings. The lowest BCUT2D eigenvalue weighted by molar-refractivity contribution is 0.0927. The first kappa shape index (κ1) is 12.6. The van der Waals surface area contributed by atoms with Crippen LogP contribution in [0.2, 0.25) is 0 Å². The Kier molecular flexibility index (Phi) is 3.94. The molecule has 2 rings (SSSR count). The summed E-state index contributed by atoms with van der Waals surface area (Å²) in [4.78, 5) is 11.6. The number of rotatable bonds is 3. The summed E-state index contributed by atoms with van der Waals surface area (Å²) in [6.45, 7) is 1.82. The minimum Gasteiger partial charge on any atom is -0.459 e. The van der Waals surface area contributed by atoms with Crippen molar-refractivity contribution in [2.75, 3.05) is 0 Å². The fraction of sp³-hybridized carbons (Fsp3) is 0.0769. The summed E-state index contributed by atoms with van der Waals surface area (Å²) in [5.41, 5.74) is 4.08. The number of hydrogen-bond donors (Lipinski definition) is 1. The molecule has 0 spiro atoms. The molecule has 0 aliphatic rings. The van der Waals surface area contributed by atoms with Gasteiger partial charge in [0, 0.05) is 10.0 Å². The first-order valence-corrected chi connectivity index (χ1v) is 6.11. The first-order chi connectivity index (χ1) is 8.68. The lowest BCUT2D eigenvalue weighted by Gasteiger charge is -2.03. The van der Waals surface area contributed by atoms with E-state index in [0.29, 0.717) is 5.71 Å². The highest BCUT2D eigenvalue weighted by Gasteiger charge is 2.08. The van der Waals surface area contributed by atoms with Crippen molar-refractivity contribution in [3.63, 3.8) is 0 Å². The van der Waals surface area contributed by atoms with E-state index in [4.69, 9.17) is 4.42 Å². The van der Waals surface area contributed by atoms with Crippen LogP contribution in [0.1, 0.15) is 23.0 Å². The van der Waals surface area contributed by atoms with Gasteiger partial charge in [0.05, 0.1) is 12.0 Å². The molecule has 0 fully saturated rings. The number of hydrazone groups is 1. The largest absolute Gasteiger partial charge is 0.459 e. The van der Waals surface area contributed by atoms with Gasteiger partial charge >= 0.3 is 5.91 Å². The van der Waals surface area contributed by atoms with Gasteiger partial charge < -0.3 is 4.42 Å². The number of nitrogens with zero attached hydrogens (tertiary/aromatic N) is 1. The summed E-state index contributed by atoms with van der Waals surface area (Å²) in [7, 11) is 0. The maximum atomic E-state index is 11.6. The summed E-state index contributed by atoms with van der Waals surface area (Å²) < 4.78 is 5.90. The van der Waals surface area contributed by atoms with Crippen molar-refractivity contribution in [3.8, 4) is 0 Å². The van der Waals surface area contributed by atoms with Crippen LogP contribution in [0.4, 0.5) is 0 Å². The summed E-state index contributed by atoms with van der Waals surface area (Å²) in [6, 6.07) is 10.9. The van der Waals surface area contributed by atoms with Gasteiger partial charge in [-0.15, -0.1) is 0 Å². The summed E-state index contributed by atoms with van der Waals surface area (Å²) in [5.74, 6) is -0.134. The molecule has 0 atom stereocenters. The first-order valence-electron chi connectivity index (χ1n) is 5.31. The predicted molar refractivity (Wildman–Crippen MR) is 72.5 cm³/mol. The van der Waals surface area contributed by atoms with Crippen molar-refractivity contribution in [2.45, 2.75) is 6.92 Å². The van der Waals surface area contributed by atoms with E-state index in [-0.39, 0.29) is 11.7 Å². The molecule has 0 aliphatic carbocycles. The molecule has 1 aromatic heterocycles. The van der Waals surface area contributed by atoms with Gasteiger partial charge in [-0.3, -0.25) is 4.79 Å². The van der Waals surface area contributed by atoms with Crippen LogP contribution in [-0.2, 0) is 0 Å². The summed E-state index contributed by atoms with van der Waals surface area (Å²) in [6.07, 6.45) is 1.44. The highest BCUT2D eigenvalue weighted by Crippen LogP contribution is 2.16. The van der Waals surface area contributed by atoms with E-state index in [0.717, 1.165) is 10.0 Å². The number of nitrogens with one attached hydrogen (secondary N) is 1. The highest BCUT2D eigenvalue weighted by molar-refractivity contribution is 9.10. The third kappa shape index (κ3) is 2.87. The third-order valence-electron chi connectivity index (χ3n) is 2.33. The third-order valence-corrected chi connectivity index (χ3v) is 3.03. The standard InChI is InChI=1S/C13H11BrN2O2/c1-9(10-5-2-3-6-11(10)14)15-16-13(17)12-7-4-8-18-12/h2-8H,1H3,(H,16,17)/b15-9-. The number of hydrogen-bond acceptors (Lipinski definition) is 3. The van der Waals surface area contributed by atoms with Gasteiger partial charge in [0.15, 0.2) is 5.76 Å². The Bertz CT molecular complexity index is 576. The quantitative estimate of drug-likeness (QED) is 0.699. The predicted octanol–water partition coefficient (Wildman–Crippen LogP) is 3.20. The van der Waals surface area contributed by atoms with Crippen molar-refractivity contribution in [2.24, 2.45) is 5.10 Å². The minimum atomic E-state index is -0.369. The molecule has 0 saturated heterocycles. The molecule has 5 heteroatoms. The molecule has 1 heterocycles. The molecule has 0 unspecified atom stereocenters. The summed E-state index contributed by atoms with van der Waals surface area (Å²) in [5, 5.41) is 4.04. The number of carbonyl (C=O) groups is 1. The van der Waals surface area contributed by atoms with E-state index in [1.54, 1.807) is 12.1 Å². The van der Waals surface area contributed by atoms with Crippen LogP contribution in [0.3, 0.4) is 0 Å². The molecule has 18 heavy (non-hydrogen) atoms. The van der Waals surface area contributed by atoms with Crippen molar-refractivity contribution in [1.82, 2.24) is 5.43 Å². The van der Waals surface area contributed by atoms with Crippen LogP contribution >= 0.6 is 15.9 Å². The van der Waals surface area contributed by atoms with Crippen LogP contribution in [0.5, 0.6) is 0 Å². The van der Waals surface area contributed by atoms with Crippen molar-refractivity contribution >= 4 is 27.5 Å². The van der Waals surface area contributed by atoms with Gasteiger partial charge in [0.25, 0.3) is 0 Å². The molecule has 1 amide bonds. The molecule has 1 aromatic carbocycles. The molecule has 0 bridgehead atoms. The zero-order chi connectivity index (χ0) is 13.0. The van der Waals surface area contributed by atoms with E-state index >= 15 is 0 Å². The van der Waals surface area contributed by atoms with E-state index in [1.807, 2.05) is 31.2 Å². The average molecular weight is 307 g/mol. The Balaban J connectivity index is 2.11. The number of amides is 1. The van der Waals surface area contributed by atoms with Crippen molar-refractivity contribution < 1.29 is 9.21 Å². The van der Waals surface area contributed by atoms with Crippen LogP contribution in [-0.4, -0.2) is 11.6 Å². The SMILES string of the molecule is C/C(=N/NC(=O)c1ccco1)c1ccccc1Br. The van der Waals surface area contributed by atoms with Crippen LogP contribution < -0.4 is 5.43 Å². The second-order valence-corrected chi connectivity index (χ2v) is 4.45. The number of halogens is 1. The van der Waals surface area contributed by atoms with Gasteiger partial charge in [-0.1, -0.05) is 34.1 Å². The highest BCUT2D eigenvalue weighted by atomic mass is 79.9. The maximum absolute atomic E-state index is 11.6. The zero-order valence-corrected chi connectivity index (χ0v) is 11.3. The Morgan fingerprint density at radius 3 is 2.72 bits per heavy atom. The van der Waals surface area contributed by atoms with Crippen molar-refractivity contribution in [3.05, 3.63) is 58.5 Å². The smallest absolute Gasteiger partial charge is 0.307 e. The minimum absolute atomic E-state index is 0.235. The fourth-order valence-electron chi connectivity index (χ4n) is 1.41. The molecule has 0 aliphatic heterocycles. The molecule has 92 valence electrons. The Morgan fingerprint density at radius 1 is 1.28 bits per heavy atom. The van der Waals surface area contributed by atoms with E-state index < -0.39 is 0 Å². The molecule has 0 radical (unpaired) electrons. The lowest BCUT2D eigenvalue weighted by Crippen LogP contribution is -2.18. The van der Waals surface area contributed by atoms with Crippen molar-refractivity contribution in [1.29, 1.82) is 0 Å². The number of benzene rings is 1. The number of carbonyl (C=O) groups excluding carboxylic acids is 1. The monoisotopic (exact) mass is 306 g/mol. The Hall–Kier alpha value is -1.88. The van der Waals surface area contributed by atoms with Crippen LogP contribution in [0.25, 0.3) is 0 Å².